The van der Waals surface area contributed by atoms with Crippen molar-refractivity contribution in [3.8, 4) is 0 Å². The van der Waals surface area contributed by atoms with Gasteiger partial charge in [-0.1, -0.05) is 24.6 Å². The van der Waals surface area contributed by atoms with E-state index in [0.717, 1.165) is 19.1 Å². The van der Waals surface area contributed by atoms with E-state index in [2.05, 4.69) is 24.2 Å². The molecule has 0 bridgehead atoms. The predicted octanol–water partition coefficient (Wildman–Crippen LogP) is 2.72. The van der Waals surface area contributed by atoms with Crippen LogP contribution in [-0.4, -0.2) is 48.0 Å². The van der Waals surface area contributed by atoms with Gasteiger partial charge in [0, 0.05) is 30.9 Å². The highest BCUT2D eigenvalue weighted by Gasteiger charge is 2.36. The molecule has 0 aromatic carbocycles. The average Bonchev–Trinajstić information content (AvgIpc) is 3.19. The molecule has 0 radical (unpaired) electrons. The minimum Gasteiger partial charge on any atom is -0.363 e. The van der Waals surface area contributed by atoms with Crippen LogP contribution in [-0.2, 0) is 0 Å². The summed E-state index contributed by atoms with van der Waals surface area (Å²) >= 11 is 1.96. The molecule has 4 heteroatoms. The Bertz CT molecular complexity index is 345. The topological polar surface area (TPSA) is 27.6 Å². The molecule has 0 saturated heterocycles. The lowest BCUT2D eigenvalue weighted by Gasteiger charge is -2.32. The number of nitrogens with one attached hydrogen (secondary N) is 1. The summed E-state index contributed by atoms with van der Waals surface area (Å²) in [5.74, 6) is 1.28. The fourth-order valence-corrected chi connectivity index (χ4v) is 4.47. The Morgan fingerprint density at radius 1 is 1.42 bits per heavy atom. The Kier molecular flexibility index (Phi) is 4.08. The number of thioether (sulfide) groups is 1. The Labute approximate surface area is 121 Å². The molecule has 3 nitrogen and oxygen atoms in total. The van der Waals surface area contributed by atoms with Crippen molar-refractivity contribution in [2.75, 3.05) is 25.9 Å². The molecule has 0 aromatic heterocycles. The van der Waals surface area contributed by atoms with Gasteiger partial charge in [-0.3, -0.25) is 9.89 Å². The van der Waals surface area contributed by atoms with Crippen LogP contribution in [0.1, 0.15) is 45.4 Å². The number of aliphatic imine (C=N–C) groups is 1. The molecular formula is C15H27N3S. The monoisotopic (exact) mass is 281 g/mol. The lowest BCUT2D eigenvalue weighted by atomic mass is 9.89. The van der Waals surface area contributed by atoms with Gasteiger partial charge in [0.05, 0.1) is 0 Å². The van der Waals surface area contributed by atoms with Crippen molar-refractivity contribution in [1.82, 2.24) is 10.2 Å². The third-order valence-electron chi connectivity index (χ3n) is 5.10. The number of amidine groups is 1. The summed E-state index contributed by atoms with van der Waals surface area (Å²) in [6.07, 6.45) is 8.41. The number of hydrogen-bond donors (Lipinski definition) is 1. The lowest BCUT2D eigenvalue weighted by Crippen LogP contribution is -2.42. The van der Waals surface area contributed by atoms with Gasteiger partial charge in [0.1, 0.15) is 0 Å². The highest BCUT2D eigenvalue weighted by atomic mass is 32.2. The molecule has 0 amide bonds. The molecule has 1 unspecified atom stereocenters. The van der Waals surface area contributed by atoms with Crippen molar-refractivity contribution in [2.24, 2.45) is 10.4 Å². The van der Waals surface area contributed by atoms with E-state index < -0.39 is 0 Å². The van der Waals surface area contributed by atoms with E-state index in [1.54, 1.807) is 0 Å². The van der Waals surface area contributed by atoms with Crippen molar-refractivity contribution in [2.45, 2.75) is 57.5 Å². The van der Waals surface area contributed by atoms with Gasteiger partial charge in [-0.2, -0.15) is 0 Å². The van der Waals surface area contributed by atoms with Crippen LogP contribution in [0.15, 0.2) is 4.99 Å². The van der Waals surface area contributed by atoms with Gasteiger partial charge in [-0.05, 0) is 45.1 Å². The standard InChI is InChI=1S/C15H27N3S/c1-12(18(2)13-5-6-13)9-16-14-17-10-15(11-19-14)7-3-4-8-15/h12-13H,3-11H2,1-2H3,(H,16,17). The molecule has 1 aliphatic heterocycles. The molecule has 3 aliphatic rings. The second kappa shape index (κ2) is 5.65. The van der Waals surface area contributed by atoms with Gasteiger partial charge in [0.2, 0.25) is 0 Å². The average molecular weight is 281 g/mol. The summed E-state index contributed by atoms with van der Waals surface area (Å²) in [4.78, 5) is 7.32. The molecule has 3 rings (SSSR count). The van der Waals surface area contributed by atoms with Gasteiger partial charge in [-0.25, -0.2) is 0 Å². The molecule has 19 heavy (non-hydrogen) atoms. The maximum Gasteiger partial charge on any atom is 0.156 e. The summed E-state index contributed by atoms with van der Waals surface area (Å²) in [6.45, 7) is 4.42. The molecule has 2 fully saturated rings. The number of likely N-dealkylation sites (N-methyl/N-ethyl adjacent to an activating group) is 1. The Hall–Kier alpha value is -0.220. The smallest absolute Gasteiger partial charge is 0.156 e. The minimum absolute atomic E-state index is 0.562. The van der Waals surface area contributed by atoms with Crippen LogP contribution < -0.4 is 5.32 Å². The van der Waals surface area contributed by atoms with E-state index in [9.17, 15) is 0 Å². The fourth-order valence-electron chi connectivity index (χ4n) is 3.31. The predicted molar refractivity (Wildman–Crippen MR) is 83.9 cm³/mol. The van der Waals surface area contributed by atoms with Gasteiger partial charge < -0.3 is 5.32 Å². The number of nitrogens with zero attached hydrogens (tertiary/aromatic N) is 2. The van der Waals surface area contributed by atoms with Gasteiger partial charge in [0.25, 0.3) is 0 Å². The van der Waals surface area contributed by atoms with Gasteiger partial charge in [-0.15, -0.1) is 0 Å². The summed E-state index contributed by atoms with van der Waals surface area (Å²) in [5.41, 5.74) is 0.562. The van der Waals surface area contributed by atoms with E-state index in [0.29, 0.717) is 11.5 Å². The van der Waals surface area contributed by atoms with E-state index in [1.165, 1.54) is 49.4 Å². The summed E-state index contributed by atoms with van der Waals surface area (Å²) in [6, 6.07) is 1.46. The molecule has 1 atom stereocenters. The molecule has 1 heterocycles. The second-order valence-electron chi connectivity index (χ2n) is 6.74. The zero-order valence-electron chi connectivity index (χ0n) is 12.3. The molecule has 2 saturated carbocycles. The Balaban J connectivity index is 1.44. The van der Waals surface area contributed by atoms with Crippen molar-refractivity contribution in [3.63, 3.8) is 0 Å². The van der Waals surface area contributed by atoms with Crippen LogP contribution in [0, 0.1) is 5.41 Å². The third-order valence-corrected chi connectivity index (χ3v) is 6.41. The van der Waals surface area contributed by atoms with Crippen LogP contribution in [0.2, 0.25) is 0 Å². The zero-order chi connectivity index (χ0) is 13.3. The lowest BCUT2D eigenvalue weighted by molar-refractivity contribution is 0.248. The minimum atomic E-state index is 0.562. The highest BCUT2D eigenvalue weighted by molar-refractivity contribution is 8.13. The maximum atomic E-state index is 4.81. The van der Waals surface area contributed by atoms with Crippen LogP contribution in [0.25, 0.3) is 0 Å². The molecule has 1 N–H and O–H groups in total. The summed E-state index contributed by atoms with van der Waals surface area (Å²) in [7, 11) is 2.26. The molecule has 108 valence electrons. The quantitative estimate of drug-likeness (QED) is 0.858. The Morgan fingerprint density at radius 3 is 2.74 bits per heavy atom. The first-order valence-corrected chi connectivity index (χ1v) is 8.80. The van der Waals surface area contributed by atoms with Crippen molar-refractivity contribution in [1.29, 1.82) is 0 Å². The van der Waals surface area contributed by atoms with E-state index in [-0.39, 0.29) is 0 Å². The zero-order valence-corrected chi connectivity index (χ0v) is 13.1. The molecule has 1 spiro atoms. The Morgan fingerprint density at radius 2 is 2.16 bits per heavy atom. The first-order chi connectivity index (χ1) is 9.19. The van der Waals surface area contributed by atoms with Crippen LogP contribution in [0.5, 0.6) is 0 Å². The molecule has 0 aromatic rings. The first-order valence-electron chi connectivity index (χ1n) is 7.82. The normalized spacial score (nSPS) is 27.6. The summed E-state index contributed by atoms with van der Waals surface area (Å²) in [5, 5.41) is 4.75. The third kappa shape index (κ3) is 3.27. The number of rotatable bonds is 4. The van der Waals surface area contributed by atoms with Crippen LogP contribution in [0.4, 0.5) is 0 Å². The maximum absolute atomic E-state index is 4.81. The SMILES string of the molecule is CC(CNC1=NCC2(CCCC2)CS1)N(C)C1CC1. The fraction of sp³-hybridized carbons (Fsp3) is 0.933. The van der Waals surface area contributed by atoms with Crippen LogP contribution >= 0.6 is 11.8 Å². The first kappa shape index (κ1) is 13.7. The highest BCUT2D eigenvalue weighted by Crippen LogP contribution is 2.43. The van der Waals surface area contributed by atoms with Gasteiger partial charge in [0.15, 0.2) is 5.17 Å². The second-order valence-corrected chi connectivity index (χ2v) is 7.71. The largest absolute Gasteiger partial charge is 0.363 e. The van der Waals surface area contributed by atoms with Crippen molar-refractivity contribution in [3.05, 3.63) is 0 Å². The number of hydrogen-bond acceptors (Lipinski definition) is 4. The summed E-state index contributed by atoms with van der Waals surface area (Å²) < 4.78 is 0. The van der Waals surface area contributed by atoms with Crippen LogP contribution in [0.3, 0.4) is 0 Å². The van der Waals surface area contributed by atoms with E-state index in [4.69, 9.17) is 4.99 Å². The molecule has 2 aliphatic carbocycles. The van der Waals surface area contributed by atoms with Gasteiger partial charge >= 0.3 is 0 Å². The molecular weight excluding hydrogens is 254 g/mol. The van der Waals surface area contributed by atoms with Crippen molar-refractivity contribution >= 4 is 16.9 Å². The van der Waals surface area contributed by atoms with Crippen molar-refractivity contribution < 1.29 is 0 Å². The van der Waals surface area contributed by atoms with E-state index >= 15 is 0 Å². The van der Waals surface area contributed by atoms with E-state index in [1.807, 2.05) is 11.8 Å².